The Morgan fingerprint density at radius 1 is 0.800 bits per heavy atom. The first-order chi connectivity index (χ1) is 21.5. The molecule has 0 aromatic heterocycles. The fraction of sp³-hybridized carbons (Fsp3) is 0.364. The number of anilines is 1. The maximum absolute atomic E-state index is 14.9. The first kappa shape index (κ1) is 31.8. The van der Waals surface area contributed by atoms with Crippen molar-refractivity contribution < 1.29 is 41.4 Å². The number of rotatable bonds is 7. The van der Waals surface area contributed by atoms with E-state index >= 15 is 0 Å². The fourth-order valence-electron chi connectivity index (χ4n) is 5.56. The molecule has 0 radical (unpaired) electrons. The van der Waals surface area contributed by atoms with Gasteiger partial charge in [-0.3, -0.25) is 9.59 Å². The molecule has 3 aromatic carbocycles. The van der Waals surface area contributed by atoms with Gasteiger partial charge in [-0.1, -0.05) is 0 Å². The average molecular weight is 628 g/mol. The highest BCUT2D eigenvalue weighted by atomic mass is 19.4. The number of ether oxygens (including phenoxy) is 2. The van der Waals surface area contributed by atoms with Gasteiger partial charge in [-0.2, -0.15) is 13.2 Å². The molecule has 2 fully saturated rings. The van der Waals surface area contributed by atoms with E-state index in [0.717, 1.165) is 18.2 Å². The largest absolute Gasteiger partial charge is 0.487 e. The van der Waals surface area contributed by atoms with Gasteiger partial charge in [0.2, 0.25) is 0 Å². The van der Waals surface area contributed by atoms with Gasteiger partial charge in [-0.05, 0) is 79.6 Å². The topological polar surface area (TPSA) is 88.2 Å². The number of piperidine rings is 2. The molecule has 2 aliphatic heterocycles. The highest BCUT2D eigenvalue weighted by Crippen LogP contribution is 2.32. The second-order valence-electron chi connectivity index (χ2n) is 11.1. The molecule has 1 N–H and O–H groups in total. The van der Waals surface area contributed by atoms with E-state index < -0.39 is 29.4 Å². The van der Waals surface area contributed by atoms with Crippen molar-refractivity contribution in [3.05, 3.63) is 94.8 Å². The molecule has 8 nitrogen and oxygen atoms in total. The van der Waals surface area contributed by atoms with Gasteiger partial charge in [0.1, 0.15) is 6.10 Å². The van der Waals surface area contributed by atoms with Crippen molar-refractivity contribution in [2.24, 2.45) is 0 Å². The van der Waals surface area contributed by atoms with E-state index in [4.69, 9.17) is 4.74 Å². The number of likely N-dealkylation sites (tertiary alicyclic amines) is 1. The number of benzene rings is 3. The highest BCUT2D eigenvalue weighted by Gasteiger charge is 2.31. The number of methoxy groups -OCH3 is 1. The van der Waals surface area contributed by atoms with Crippen molar-refractivity contribution >= 4 is 23.5 Å². The van der Waals surface area contributed by atoms with Crippen LogP contribution >= 0.6 is 0 Å². The van der Waals surface area contributed by atoms with Crippen molar-refractivity contribution in [2.75, 3.05) is 38.2 Å². The Morgan fingerprint density at radius 2 is 1.40 bits per heavy atom. The first-order valence-corrected chi connectivity index (χ1v) is 14.7. The lowest BCUT2D eigenvalue weighted by Gasteiger charge is -2.34. The van der Waals surface area contributed by atoms with Crippen molar-refractivity contribution in [2.45, 2.75) is 44.0 Å². The maximum atomic E-state index is 14.9. The van der Waals surface area contributed by atoms with Crippen LogP contribution in [0.4, 0.5) is 23.2 Å². The van der Waals surface area contributed by atoms with Crippen LogP contribution in [-0.2, 0) is 10.9 Å². The van der Waals surface area contributed by atoms with Crippen LogP contribution in [0.1, 0.15) is 62.3 Å². The van der Waals surface area contributed by atoms with E-state index in [1.165, 1.54) is 43.5 Å². The number of nitrogens with zero attached hydrogens (tertiary/aromatic N) is 2. The number of amides is 2. The molecule has 12 heteroatoms. The van der Waals surface area contributed by atoms with Crippen LogP contribution in [0.5, 0.6) is 5.75 Å². The Labute approximate surface area is 257 Å². The molecule has 2 amide bonds. The molecule has 0 unspecified atom stereocenters. The van der Waals surface area contributed by atoms with Crippen LogP contribution in [0.15, 0.2) is 66.7 Å². The maximum Gasteiger partial charge on any atom is 0.416 e. The zero-order valence-corrected chi connectivity index (χ0v) is 24.6. The molecule has 238 valence electrons. The third-order valence-corrected chi connectivity index (χ3v) is 8.16. The molecule has 0 spiro atoms. The predicted octanol–water partition coefficient (Wildman–Crippen LogP) is 5.71. The monoisotopic (exact) mass is 627 g/mol. The zero-order valence-electron chi connectivity index (χ0n) is 24.6. The predicted molar refractivity (Wildman–Crippen MR) is 158 cm³/mol. The quantitative estimate of drug-likeness (QED) is 0.267. The van der Waals surface area contributed by atoms with Crippen molar-refractivity contribution in [3.8, 4) is 5.75 Å². The molecule has 0 bridgehead atoms. The van der Waals surface area contributed by atoms with Crippen molar-refractivity contribution in [1.82, 2.24) is 10.2 Å². The Hall–Kier alpha value is -4.61. The average Bonchev–Trinajstić information content (AvgIpc) is 3.05. The second kappa shape index (κ2) is 13.6. The molecule has 45 heavy (non-hydrogen) atoms. The molecule has 5 rings (SSSR count). The van der Waals surface area contributed by atoms with E-state index in [1.807, 2.05) is 4.90 Å². The third kappa shape index (κ3) is 7.73. The van der Waals surface area contributed by atoms with Gasteiger partial charge in [-0.25, -0.2) is 9.18 Å². The van der Waals surface area contributed by atoms with Gasteiger partial charge >= 0.3 is 12.1 Å². The molecular formula is C33H33F4N3O5. The Kier molecular flexibility index (Phi) is 9.60. The lowest BCUT2D eigenvalue weighted by Crippen LogP contribution is -2.46. The summed E-state index contributed by atoms with van der Waals surface area (Å²) in [5.41, 5.74) is 0.948. The van der Waals surface area contributed by atoms with Crippen LogP contribution in [0.2, 0.25) is 0 Å². The number of halogens is 4. The minimum absolute atomic E-state index is 0.0333. The van der Waals surface area contributed by atoms with Crippen LogP contribution < -0.4 is 15.0 Å². The SMILES string of the molecule is COC(=O)c1ccc(C(=O)N2CCC(NC(=O)c3ccc(OC4CCN(c5ccc(C(F)(F)F)cc5)CC4)c(F)c3)CC2)cc1. The van der Waals surface area contributed by atoms with E-state index in [0.29, 0.717) is 68.7 Å². The Morgan fingerprint density at radius 3 is 1.98 bits per heavy atom. The lowest BCUT2D eigenvalue weighted by molar-refractivity contribution is -0.137. The number of nitrogens with one attached hydrogen (secondary N) is 1. The van der Waals surface area contributed by atoms with Gasteiger partial charge < -0.3 is 24.6 Å². The summed E-state index contributed by atoms with van der Waals surface area (Å²) < 4.78 is 64.0. The Balaban J connectivity index is 1.07. The van der Waals surface area contributed by atoms with Crippen LogP contribution in [0.3, 0.4) is 0 Å². The van der Waals surface area contributed by atoms with Gasteiger partial charge in [0, 0.05) is 61.9 Å². The lowest BCUT2D eigenvalue weighted by atomic mass is 10.0. The molecule has 0 saturated carbocycles. The van der Waals surface area contributed by atoms with Gasteiger partial charge in [0.15, 0.2) is 11.6 Å². The van der Waals surface area contributed by atoms with Crippen molar-refractivity contribution in [1.29, 1.82) is 0 Å². The highest BCUT2D eigenvalue weighted by molar-refractivity contribution is 5.96. The van der Waals surface area contributed by atoms with Crippen molar-refractivity contribution in [3.63, 3.8) is 0 Å². The minimum Gasteiger partial charge on any atom is -0.487 e. The summed E-state index contributed by atoms with van der Waals surface area (Å²) in [5, 5.41) is 2.92. The minimum atomic E-state index is -4.39. The van der Waals surface area contributed by atoms with E-state index in [1.54, 1.807) is 17.0 Å². The number of carbonyl (C=O) groups excluding carboxylic acids is 3. The number of esters is 1. The summed E-state index contributed by atoms with van der Waals surface area (Å²) in [5.74, 6) is -1.70. The number of hydrogen-bond donors (Lipinski definition) is 1. The second-order valence-corrected chi connectivity index (χ2v) is 11.1. The zero-order chi connectivity index (χ0) is 32.1. The van der Waals surface area contributed by atoms with E-state index in [9.17, 15) is 31.9 Å². The third-order valence-electron chi connectivity index (χ3n) is 8.16. The summed E-state index contributed by atoms with van der Waals surface area (Å²) in [7, 11) is 1.29. The molecular weight excluding hydrogens is 594 g/mol. The summed E-state index contributed by atoms with van der Waals surface area (Å²) in [6.07, 6.45) is -2.47. The Bertz CT molecular complexity index is 1510. The van der Waals surface area contributed by atoms with E-state index in [-0.39, 0.29) is 29.4 Å². The number of carbonyl (C=O) groups is 3. The fourth-order valence-corrected chi connectivity index (χ4v) is 5.56. The smallest absolute Gasteiger partial charge is 0.416 e. The van der Waals surface area contributed by atoms with Gasteiger partial charge in [-0.15, -0.1) is 0 Å². The summed E-state index contributed by atoms with van der Waals surface area (Å²) in [6, 6.07) is 15.1. The summed E-state index contributed by atoms with van der Waals surface area (Å²) >= 11 is 0. The van der Waals surface area contributed by atoms with Crippen LogP contribution in [-0.4, -0.2) is 68.1 Å². The number of alkyl halides is 3. The molecule has 2 heterocycles. The summed E-state index contributed by atoms with van der Waals surface area (Å²) in [6.45, 7) is 1.96. The molecule has 3 aromatic rings. The normalized spacial score (nSPS) is 16.3. The standard InChI is InChI=1S/C33H33F4N3O5/c1-44-32(43)22-4-2-21(3-5-22)31(42)40-16-12-25(13-17-40)38-30(41)23-6-11-29(28(34)20-23)45-27-14-18-39(19-15-27)26-9-7-24(8-10-26)33(35,36)37/h2-11,20,25,27H,12-19H2,1H3,(H,38,41). The van der Waals surface area contributed by atoms with Gasteiger partial charge in [0.25, 0.3) is 11.8 Å². The molecule has 0 aliphatic carbocycles. The van der Waals surface area contributed by atoms with Crippen LogP contribution in [0.25, 0.3) is 0 Å². The molecule has 0 atom stereocenters. The molecule has 2 saturated heterocycles. The van der Waals surface area contributed by atoms with Crippen LogP contribution in [0, 0.1) is 5.82 Å². The molecule has 2 aliphatic rings. The number of hydrogen-bond acceptors (Lipinski definition) is 6. The van der Waals surface area contributed by atoms with E-state index in [2.05, 4.69) is 10.1 Å². The van der Waals surface area contributed by atoms with Gasteiger partial charge in [0.05, 0.1) is 18.2 Å². The first-order valence-electron chi connectivity index (χ1n) is 14.7. The summed E-state index contributed by atoms with van der Waals surface area (Å²) in [4.78, 5) is 41.0.